The maximum atomic E-state index is 15.6. The summed E-state index contributed by atoms with van der Waals surface area (Å²) in [7, 11) is 0. The van der Waals surface area contributed by atoms with Crippen LogP contribution in [0, 0.1) is 23.1 Å². The van der Waals surface area contributed by atoms with Gasteiger partial charge in [-0.1, -0.05) is 38.0 Å². The number of halogens is 1. The van der Waals surface area contributed by atoms with Gasteiger partial charge >= 0.3 is 5.97 Å². The molecule has 0 aliphatic heterocycles. The topological polar surface area (TPSA) is 70.3 Å². The first kappa shape index (κ1) is 23.0. The number of nitrogens with zero attached hydrogens (tertiary/aromatic N) is 1. The second-order valence-electron chi connectivity index (χ2n) is 8.39. The van der Waals surface area contributed by atoms with E-state index in [2.05, 4.69) is 6.92 Å². The number of hydrogen-bond acceptors (Lipinski definition) is 3. The number of carboxylic acids is 1. The van der Waals surface area contributed by atoms with Gasteiger partial charge in [0.2, 0.25) is 0 Å². The number of carbonyl (C=O) groups is 1. The molecule has 0 aromatic heterocycles. The summed E-state index contributed by atoms with van der Waals surface area (Å²) in [5.41, 5.74) is 1.57. The summed E-state index contributed by atoms with van der Waals surface area (Å²) in [6.07, 6.45) is 7.21. The smallest absolute Gasteiger partial charge is 0.336 e. The molecule has 2 aromatic rings. The van der Waals surface area contributed by atoms with Crippen LogP contribution in [0.1, 0.15) is 79.3 Å². The van der Waals surface area contributed by atoms with E-state index in [1.54, 1.807) is 30.3 Å². The largest absolute Gasteiger partial charge is 0.478 e. The standard InChI is InChI=1S/C26H30FNO3/c1-2-3-4-15-31-17-19-7-9-20(10-8-19)22-13-14-23(26(29)30)24(25(22)27)21-11-5-18(16-28)6-12-21/h5-6,11-14,19-20H,2-4,7-10,15,17H2,1H3,(H,29,30). The molecule has 0 radical (unpaired) electrons. The number of carboxylic acid groups (broad SMARTS) is 1. The van der Waals surface area contributed by atoms with E-state index in [-0.39, 0.29) is 17.0 Å². The zero-order chi connectivity index (χ0) is 22.2. The molecule has 0 unspecified atom stereocenters. The third-order valence-corrected chi connectivity index (χ3v) is 6.24. The van der Waals surface area contributed by atoms with Gasteiger partial charge in [-0.15, -0.1) is 0 Å². The van der Waals surface area contributed by atoms with Crippen LogP contribution in [0.25, 0.3) is 11.1 Å². The maximum absolute atomic E-state index is 15.6. The Balaban J connectivity index is 1.74. The van der Waals surface area contributed by atoms with E-state index in [0.29, 0.717) is 22.6 Å². The van der Waals surface area contributed by atoms with Crippen molar-refractivity contribution in [1.82, 2.24) is 0 Å². The van der Waals surface area contributed by atoms with E-state index in [0.717, 1.165) is 45.3 Å². The summed E-state index contributed by atoms with van der Waals surface area (Å²) >= 11 is 0. The Bertz CT molecular complexity index is 925. The number of ether oxygens (including phenoxy) is 1. The molecular formula is C26H30FNO3. The van der Waals surface area contributed by atoms with Crippen molar-refractivity contribution >= 4 is 5.97 Å². The van der Waals surface area contributed by atoms with Crippen LogP contribution in [-0.4, -0.2) is 24.3 Å². The zero-order valence-electron chi connectivity index (χ0n) is 18.1. The normalized spacial score (nSPS) is 18.5. The Morgan fingerprint density at radius 2 is 1.84 bits per heavy atom. The predicted molar refractivity (Wildman–Crippen MR) is 119 cm³/mol. The molecule has 5 heteroatoms. The molecule has 3 rings (SSSR count). The fourth-order valence-electron chi connectivity index (χ4n) is 4.42. The minimum atomic E-state index is -1.16. The molecule has 1 N–H and O–H groups in total. The Kier molecular flexibility index (Phi) is 8.20. The lowest BCUT2D eigenvalue weighted by Crippen LogP contribution is -2.19. The monoisotopic (exact) mass is 423 g/mol. The lowest BCUT2D eigenvalue weighted by Gasteiger charge is -2.29. The molecule has 4 nitrogen and oxygen atoms in total. The third kappa shape index (κ3) is 5.71. The van der Waals surface area contributed by atoms with Crippen molar-refractivity contribution in [3.05, 3.63) is 58.9 Å². The van der Waals surface area contributed by atoms with E-state index in [9.17, 15) is 9.90 Å². The Morgan fingerprint density at radius 3 is 2.45 bits per heavy atom. The van der Waals surface area contributed by atoms with E-state index in [1.165, 1.54) is 18.9 Å². The van der Waals surface area contributed by atoms with E-state index in [4.69, 9.17) is 10.00 Å². The van der Waals surface area contributed by atoms with Gasteiger partial charge in [0, 0.05) is 18.8 Å². The lowest BCUT2D eigenvalue weighted by atomic mass is 9.78. The Labute approximate surface area is 183 Å². The van der Waals surface area contributed by atoms with Crippen LogP contribution in [0.2, 0.25) is 0 Å². The molecule has 0 heterocycles. The highest BCUT2D eigenvalue weighted by Gasteiger charge is 2.27. The highest BCUT2D eigenvalue weighted by atomic mass is 19.1. The van der Waals surface area contributed by atoms with Crippen LogP contribution in [-0.2, 0) is 4.74 Å². The lowest BCUT2D eigenvalue weighted by molar-refractivity contribution is 0.0697. The number of benzene rings is 2. The first-order chi connectivity index (χ1) is 15.0. The van der Waals surface area contributed by atoms with Gasteiger partial charge in [-0.25, -0.2) is 9.18 Å². The second-order valence-corrected chi connectivity index (χ2v) is 8.39. The third-order valence-electron chi connectivity index (χ3n) is 6.24. The average molecular weight is 424 g/mol. The number of hydrogen-bond donors (Lipinski definition) is 1. The number of rotatable bonds is 9. The summed E-state index contributed by atoms with van der Waals surface area (Å²) in [5.74, 6) is -1.02. The van der Waals surface area contributed by atoms with Gasteiger partial charge in [0.15, 0.2) is 0 Å². The molecule has 0 amide bonds. The fraction of sp³-hybridized carbons (Fsp3) is 0.462. The van der Waals surface area contributed by atoms with Gasteiger partial charge in [-0.05, 0) is 73.3 Å². The zero-order valence-corrected chi connectivity index (χ0v) is 18.1. The van der Waals surface area contributed by atoms with Crippen LogP contribution in [0.5, 0.6) is 0 Å². The average Bonchev–Trinajstić information content (AvgIpc) is 2.79. The molecule has 1 saturated carbocycles. The van der Waals surface area contributed by atoms with Crippen molar-refractivity contribution in [1.29, 1.82) is 5.26 Å². The molecule has 0 spiro atoms. The minimum absolute atomic E-state index is 0.0554. The van der Waals surface area contributed by atoms with Crippen molar-refractivity contribution in [2.75, 3.05) is 13.2 Å². The highest BCUT2D eigenvalue weighted by molar-refractivity contribution is 5.96. The van der Waals surface area contributed by atoms with Crippen LogP contribution in [0.15, 0.2) is 36.4 Å². The maximum Gasteiger partial charge on any atom is 0.336 e. The molecule has 0 saturated heterocycles. The number of aromatic carboxylic acids is 1. The fourth-order valence-corrected chi connectivity index (χ4v) is 4.42. The van der Waals surface area contributed by atoms with Gasteiger partial charge in [-0.2, -0.15) is 5.26 Å². The molecular weight excluding hydrogens is 393 g/mol. The van der Waals surface area contributed by atoms with Crippen LogP contribution < -0.4 is 0 Å². The molecule has 2 aromatic carbocycles. The second kappa shape index (κ2) is 11.1. The molecule has 1 aliphatic carbocycles. The van der Waals surface area contributed by atoms with Crippen molar-refractivity contribution in [3.63, 3.8) is 0 Å². The Hall–Kier alpha value is -2.71. The van der Waals surface area contributed by atoms with Crippen LogP contribution in [0.4, 0.5) is 4.39 Å². The predicted octanol–water partition coefficient (Wildman–Crippen LogP) is 6.54. The first-order valence-electron chi connectivity index (χ1n) is 11.2. The summed E-state index contributed by atoms with van der Waals surface area (Å²) in [4.78, 5) is 11.7. The molecule has 164 valence electrons. The van der Waals surface area contributed by atoms with Crippen molar-refractivity contribution < 1.29 is 19.0 Å². The molecule has 1 aliphatic rings. The summed E-state index contributed by atoms with van der Waals surface area (Å²) in [6, 6.07) is 11.6. The molecule has 1 fully saturated rings. The van der Waals surface area contributed by atoms with Crippen LogP contribution >= 0.6 is 0 Å². The summed E-state index contributed by atoms with van der Waals surface area (Å²) < 4.78 is 21.4. The van der Waals surface area contributed by atoms with Gasteiger partial charge in [0.25, 0.3) is 0 Å². The number of nitriles is 1. The van der Waals surface area contributed by atoms with Gasteiger partial charge in [-0.3, -0.25) is 0 Å². The van der Waals surface area contributed by atoms with Crippen molar-refractivity contribution in [3.8, 4) is 17.2 Å². The molecule has 31 heavy (non-hydrogen) atoms. The minimum Gasteiger partial charge on any atom is -0.478 e. The first-order valence-corrected chi connectivity index (χ1v) is 11.2. The van der Waals surface area contributed by atoms with Crippen LogP contribution in [0.3, 0.4) is 0 Å². The van der Waals surface area contributed by atoms with E-state index in [1.807, 2.05) is 6.07 Å². The highest BCUT2D eigenvalue weighted by Crippen LogP contribution is 2.40. The summed E-state index contributed by atoms with van der Waals surface area (Å²) in [6.45, 7) is 3.76. The quantitative estimate of drug-likeness (QED) is 0.465. The molecule has 0 atom stereocenters. The summed E-state index contributed by atoms with van der Waals surface area (Å²) in [5, 5.41) is 18.6. The van der Waals surface area contributed by atoms with Gasteiger partial charge in [0.1, 0.15) is 5.82 Å². The van der Waals surface area contributed by atoms with E-state index >= 15 is 4.39 Å². The van der Waals surface area contributed by atoms with E-state index < -0.39 is 11.8 Å². The SMILES string of the molecule is CCCCCOCC1CCC(c2ccc(C(=O)O)c(-c3ccc(C#N)cc3)c2F)CC1. The Morgan fingerprint density at radius 1 is 1.13 bits per heavy atom. The van der Waals surface area contributed by atoms with Gasteiger partial charge < -0.3 is 9.84 Å². The number of unbranched alkanes of at least 4 members (excludes halogenated alkanes) is 2. The molecule has 0 bridgehead atoms. The van der Waals surface area contributed by atoms with Crippen molar-refractivity contribution in [2.45, 2.75) is 57.8 Å². The van der Waals surface area contributed by atoms with Crippen molar-refractivity contribution in [2.24, 2.45) is 5.92 Å². The van der Waals surface area contributed by atoms with Gasteiger partial charge in [0.05, 0.1) is 17.2 Å².